The van der Waals surface area contributed by atoms with Crippen LogP contribution < -0.4 is 22.1 Å². The molecule has 0 spiro atoms. The zero-order valence-corrected chi connectivity index (χ0v) is 18.8. The van der Waals surface area contributed by atoms with Gasteiger partial charge < -0.3 is 32.1 Å². The minimum Gasteiger partial charge on any atom is -0.480 e. The highest BCUT2D eigenvalue weighted by atomic mass is 32.1. The number of hydrogen-bond donors (Lipinski definition) is 6. The minimum atomic E-state index is -1.28. The molecule has 7 N–H and O–H groups in total. The Morgan fingerprint density at radius 1 is 1.16 bits per heavy atom. The second-order valence-corrected chi connectivity index (χ2v) is 8.44. The predicted molar refractivity (Wildman–Crippen MR) is 116 cm³/mol. The number of primary amides is 1. The van der Waals surface area contributed by atoms with Gasteiger partial charge >= 0.3 is 5.97 Å². The summed E-state index contributed by atoms with van der Waals surface area (Å²) in [6.45, 7) is 4.26. The molecule has 0 bridgehead atoms. The fourth-order valence-electron chi connectivity index (χ4n) is 3.41. The normalized spacial score (nSPS) is 18.9. The van der Waals surface area contributed by atoms with Crippen molar-refractivity contribution >= 4 is 42.2 Å². The monoisotopic (exact) mass is 459 g/mol. The zero-order valence-electron chi connectivity index (χ0n) is 17.9. The van der Waals surface area contributed by atoms with Crippen molar-refractivity contribution in [1.29, 1.82) is 0 Å². The maximum Gasteiger partial charge on any atom is 0.327 e. The minimum absolute atomic E-state index is 0.112. The third kappa shape index (κ3) is 8.37. The van der Waals surface area contributed by atoms with E-state index in [9.17, 15) is 24.0 Å². The van der Waals surface area contributed by atoms with Crippen LogP contribution in [-0.2, 0) is 24.0 Å². The lowest BCUT2D eigenvalue weighted by molar-refractivity contribution is -0.142. The summed E-state index contributed by atoms with van der Waals surface area (Å²) in [5, 5.41) is 13.9. The average molecular weight is 460 g/mol. The van der Waals surface area contributed by atoms with Crippen molar-refractivity contribution in [1.82, 2.24) is 15.5 Å². The van der Waals surface area contributed by atoms with Gasteiger partial charge in [-0.15, -0.1) is 0 Å². The van der Waals surface area contributed by atoms with Gasteiger partial charge in [-0.25, -0.2) is 4.79 Å². The van der Waals surface area contributed by atoms with Crippen LogP contribution in [0.25, 0.3) is 0 Å². The molecule has 0 aromatic rings. The van der Waals surface area contributed by atoms with Crippen molar-refractivity contribution in [2.75, 3.05) is 12.3 Å². The van der Waals surface area contributed by atoms with Crippen LogP contribution in [0.1, 0.15) is 46.0 Å². The number of carboxylic acid groups (broad SMARTS) is 1. The molecular weight excluding hydrogens is 426 g/mol. The van der Waals surface area contributed by atoms with Gasteiger partial charge in [0.15, 0.2) is 0 Å². The van der Waals surface area contributed by atoms with Crippen molar-refractivity contribution in [2.45, 2.75) is 70.1 Å². The maximum absolute atomic E-state index is 12.9. The molecule has 0 aromatic heterocycles. The summed E-state index contributed by atoms with van der Waals surface area (Å²) >= 11 is 3.89. The molecule has 1 aliphatic rings. The van der Waals surface area contributed by atoms with Crippen LogP contribution in [0.3, 0.4) is 0 Å². The summed E-state index contributed by atoms with van der Waals surface area (Å²) in [4.78, 5) is 61.9. The molecule has 12 heteroatoms. The topological polar surface area (TPSA) is 185 Å². The van der Waals surface area contributed by atoms with Crippen molar-refractivity contribution in [3.05, 3.63) is 0 Å². The number of nitrogens with one attached hydrogen (secondary N) is 2. The molecule has 1 heterocycles. The van der Waals surface area contributed by atoms with Gasteiger partial charge in [0.2, 0.25) is 23.6 Å². The van der Waals surface area contributed by atoms with Gasteiger partial charge in [-0.05, 0) is 31.6 Å². The number of thiol groups is 1. The molecule has 11 nitrogen and oxygen atoms in total. The third-order valence-corrected chi connectivity index (χ3v) is 5.36. The van der Waals surface area contributed by atoms with Crippen LogP contribution in [0.15, 0.2) is 0 Å². The number of aliphatic carboxylic acids is 1. The van der Waals surface area contributed by atoms with Gasteiger partial charge in [-0.1, -0.05) is 13.8 Å². The van der Waals surface area contributed by atoms with Crippen LogP contribution in [0.2, 0.25) is 0 Å². The van der Waals surface area contributed by atoms with Crippen LogP contribution in [0.5, 0.6) is 0 Å². The molecule has 0 aromatic carbocycles. The Morgan fingerprint density at radius 2 is 1.81 bits per heavy atom. The van der Waals surface area contributed by atoms with Gasteiger partial charge in [0, 0.05) is 18.7 Å². The number of rotatable bonds is 12. The number of carbonyl (C=O) groups is 5. The van der Waals surface area contributed by atoms with Gasteiger partial charge in [0.1, 0.15) is 18.1 Å². The average Bonchev–Trinajstić information content (AvgIpc) is 3.17. The smallest absolute Gasteiger partial charge is 0.327 e. The van der Waals surface area contributed by atoms with E-state index in [4.69, 9.17) is 16.6 Å². The zero-order chi connectivity index (χ0) is 23.7. The summed E-state index contributed by atoms with van der Waals surface area (Å²) in [5.74, 6) is -3.57. The molecule has 1 saturated heterocycles. The summed E-state index contributed by atoms with van der Waals surface area (Å²) in [6.07, 6.45) is 1.19. The van der Waals surface area contributed by atoms with Crippen LogP contribution in [-0.4, -0.2) is 76.1 Å². The largest absolute Gasteiger partial charge is 0.480 e. The number of likely N-dealkylation sites (tertiary alicyclic amines) is 1. The maximum atomic E-state index is 12.9. The van der Waals surface area contributed by atoms with Crippen molar-refractivity contribution in [3.8, 4) is 0 Å². The van der Waals surface area contributed by atoms with Crippen molar-refractivity contribution in [3.63, 3.8) is 0 Å². The molecule has 4 unspecified atom stereocenters. The van der Waals surface area contributed by atoms with Gasteiger partial charge in [-0.3, -0.25) is 19.2 Å². The molecule has 176 valence electrons. The van der Waals surface area contributed by atoms with Gasteiger partial charge in [0.05, 0.1) is 6.04 Å². The molecule has 1 rings (SSSR count). The fraction of sp³-hybridized carbons (Fsp3) is 0.737. The van der Waals surface area contributed by atoms with Crippen LogP contribution in [0.4, 0.5) is 0 Å². The van der Waals surface area contributed by atoms with E-state index in [-0.39, 0.29) is 30.4 Å². The molecule has 1 aliphatic heterocycles. The van der Waals surface area contributed by atoms with Crippen molar-refractivity contribution < 1.29 is 29.1 Å². The highest BCUT2D eigenvalue weighted by molar-refractivity contribution is 7.80. The first-order chi connectivity index (χ1) is 14.5. The summed E-state index contributed by atoms with van der Waals surface area (Å²) in [5.41, 5.74) is 11.1. The van der Waals surface area contributed by atoms with E-state index < -0.39 is 47.9 Å². The van der Waals surface area contributed by atoms with E-state index in [1.165, 1.54) is 4.90 Å². The first kappa shape index (κ1) is 26.7. The molecule has 0 aliphatic carbocycles. The molecule has 0 radical (unpaired) electrons. The van der Waals surface area contributed by atoms with E-state index in [1.807, 2.05) is 13.8 Å². The van der Waals surface area contributed by atoms with Gasteiger partial charge in [0.25, 0.3) is 0 Å². The molecule has 0 saturated carbocycles. The number of nitrogens with zero attached hydrogens (tertiary/aromatic N) is 1. The highest BCUT2D eigenvalue weighted by Gasteiger charge is 2.38. The van der Waals surface area contributed by atoms with Crippen LogP contribution >= 0.6 is 12.6 Å². The molecular formula is C19H33N5O6S. The number of nitrogens with two attached hydrogens (primary N) is 2. The summed E-state index contributed by atoms with van der Waals surface area (Å²) < 4.78 is 0. The van der Waals surface area contributed by atoms with E-state index in [2.05, 4.69) is 23.3 Å². The van der Waals surface area contributed by atoms with E-state index in [0.29, 0.717) is 25.8 Å². The van der Waals surface area contributed by atoms with E-state index in [0.717, 1.165) is 0 Å². The standard InChI is InChI=1S/C19H33N5O6S/c1-10(2)8-11(20)18(28)24-7-3-4-14(24)17(27)22-12(5-6-15(21)25)16(26)23-13(9-31)19(29)30/h10-14,31H,3-9,20H2,1-2H3,(H2,21,25)(H,22,27)(H,23,26)(H,29,30). The van der Waals surface area contributed by atoms with Gasteiger partial charge in [-0.2, -0.15) is 12.6 Å². The third-order valence-electron chi connectivity index (χ3n) is 4.99. The SMILES string of the molecule is CC(C)CC(N)C(=O)N1CCCC1C(=O)NC(CCC(N)=O)C(=O)NC(CS)C(=O)O. The van der Waals surface area contributed by atoms with Crippen LogP contribution in [0, 0.1) is 5.92 Å². The Kier molecular flexibility index (Phi) is 10.8. The van der Waals surface area contributed by atoms with Crippen molar-refractivity contribution in [2.24, 2.45) is 17.4 Å². The molecule has 1 fully saturated rings. The quantitative estimate of drug-likeness (QED) is 0.194. The predicted octanol–water partition coefficient (Wildman–Crippen LogP) is -1.40. The fourth-order valence-corrected chi connectivity index (χ4v) is 3.65. The lowest BCUT2D eigenvalue weighted by atomic mass is 10.0. The number of carbonyl (C=O) groups excluding carboxylic acids is 4. The summed E-state index contributed by atoms with van der Waals surface area (Å²) in [7, 11) is 0. The highest BCUT2D eigenvalue weighted by Crippen LogP contribution is 2.20. The Hall–Kier alpha value is -2.34. The number of carboxylic acids is 1. The lowest BCUT2D eigenvalue weighted by Crippen LogP contribution is -2.57. The first-order valence-electron chi connectivity index (χ1n) is 10.3. The van der Waals surface area contributed by atoms with E-state index in [1.54, 1.807) is 0 Å². The second kappa shape index (κ2) is 12.5. The molecule has 31 heavy (non-hydrogen) atoms. The Bertz CT molecular complexity index is 689. The summed E-state index contributed by atoms with van der Waals surface area (Å²) in [6, 6.07) is -3.98. The number of hydrogen-bond acceptors (Lipinski definition) is 7. The molecule has 4 atom stereocenters. The lowest BCUT2D eigenvalue weighted by Gasteiger charge is -2.29. The Morgan fingerprint density at radius 3 is 2.32 bits per heavy atom. The Balaban J connectivity index is 2.90. The second-order valence-electron chi connectivity index (χ2n) is 8.07. The Labute approximate surface area is 187 Å². The molecule has 4 amide bonds. The number of amides is 4. The first-order valence-corrected chi connectivity index (χ1v) is 10.9. The van der Waals surface area contributed by atoms with E-state index >= 15 is 0 Å².